The van der Waals surface area contributed by atoms with E-state index in [4.69, 9.17) is 0 Å². The summed E-state index contributed by atoms with van der Waals surface area (Å²) >= 11 is 0. The first kappa shape index (κ1) is 17.1. The predicted octanol–water partition coefficient (Wildman–Crippen LogP) is 3.43. The summed E-state index contributed by atoms with van der Waals surface area (Å²) in [5, 5.41) is 8.49. The summed E-state index contributed by atoms with van der Waals surface area (Å²) in [5.74, 6) is -0.0232. The molecule has 1 aromatic heterocycles. The Bertz CT molecular complexity index is 911. The monoisotopic (exact) mass is 347 g/mol. The van der Waals surface area contributed by atoms with E-state index < -0.39 is 0 Å². The van der Waals surface area contributed by atoms with Gasteiger partial charge in [0.05, 0.1) is 12.4 Å². The Kier molecular flexibility index (Phi) is 5.19. The van der Waals surface area contributed by atoms with E-state index in [1.165, 1.54) is 19.3 Å². The van der Waals surface area contributed by atoms with E-state index in [1.807, 2.05) is 30.3 Å². The van der Waals surface area contributed by atoms with Crippen molar-refractivity contribution in [3.05, 3.63) is 72.7 Å². The molecule has 2 aromatic carbocycles. The number of nitrogens with one attached hydrogen (secondary N) is 3. The molecule has 0 bridgehead atoms. The van der Waals surface area contributed by atoms with Crippen molar-refractivity contribution in [2.24, 2.45) is 0 Å². The topological polar surface area (TPSA) is 96.0 Å². The fourth-order valence-electron chi connectivity index (χ4n) is 2.25. The van der Waals surface area contributed by atoms with E-state index in [9.17, 15) is 9.59 Å². The number of benzene rings is 2. The molecule has 0 spiro atoms. The van der Waals surface area contributed by atoms with Crippen LogP contribution in [0.4, 0.5) is 22.9 Å². The van der Waals surface area contributed by atoms with Crippen LogP contribution in [0.25, 0.3) is 0 Å². The average molecular weight is 347 g/mol. The van der Waals surface area contributed by atoms with Crippen LogP contribution in [-0.4, -0.2) is 21.8 Å². The molecule has 3 N–H and O–H groups in total. The van der Waals surface area contributed by atoms with Crippen molar-refractivity contribution < 1.29 is 9.59 Å². The lowest BCUT2D eigenvalue weighted by molar-refractivity contribution is -0.114. The molecule has 7 nitrogen and oxygen atoms in total. The first-order valence-electron chi connectivity index (χ1n) is 7.93. The van der Waals surface area contributed by atoms with Gasteiger partial charge >= 0.3 is 0 Å². The molecular weight excluding hydrogens is 330 g/mol. The molecule has 0 aliphatic rings. The molecule has 0 unspecified atom stereocenters. The van der Waals surface area contributed by atoms with E-state index in [1.54, 1.807) is 24.3 Å². The van der Waals surface area contributed by atoms with E-state index in [2.05, 4.69) is 25.9 Å². The smallest absolute Gasteiger partial charge is 0.275 e. The summed E-state index contributed by atoms with van der Waals surface area (Å²) in [4.78, 5) is 31.7. The molecule has 0 saturated carbocycles. The van der Waals surface area contributed by atoms with Gasteiger partial charge in [0.25, 0.3) is 5.91 Å². The third-order valence-corrected chi connectivity index (χ3v) is 3.37. The first-order valence-corrected chi connectivity index (χ1v) is 7.93. The van der Waals surface area contributed by atoms with Crippen LogP contribution in [-0.2, 0) is 4.79 Å². The quantitative estimate of drug-likeness (QED) is 0.657. The predicted molar refractivity (Wildman–Crippen MR) is 100 cm³/mol. The SMILES string of the molecule is CC(=O)Nc1cccc(NC(=O)c2cnc(Nc3ccccc3)cn2)c1. The number of carbonyl (C=O) groups excluding carboxylic acids is 2. The fraction of sp³-hybridized carbons (Fsp3) is 0.0526. The number of amides is 2. The van der Waals surface area contributed by atoms with Crippen LogP contribution in [0, 0.1) is 0 Å². The van der Waals surface area contributed by atoms with Crippen molar-refractivity contribution in [1.29, 1.82) is 0 Å². The number of para-hydroxylation sites is 1. The van der Waals surface area contributed by atoms with Crippen LogP contribution in [0.1, 0.15) is 17.4 Å². The molecule has 1 heterocycles. The zero-order valence-electron chi connectivity index (χ0n) is 14.1. The number of carbonyl (C=O) groups is 2. The second-order valence-electron chi connectivity index (χ2n) is 5.49. The van der Waals surface area contributed by atoms with Crippen LogP contribution < -0.4 is 16.0 Å². The summed E-state index contributed by atoms with van der Waals surface area (Å²) < 4.78 is 0. The first-order chi connectivity index (χ1) is 12.6. The fourth-order valence-corrected chi connectivity index (χ4v) is 2.25. The molecule has 0 aliphatic carbocycles. The van der Waals surface area contributed by atoms with Gasteiger partial charge in [-0.25, -0.2) is 9.97 Å². The molecule has 7 heteroatoms. The van der Waals surface area contributed by atoms with E-state index in [0.29, 0.717) is 17.2 Å². The van der Waals surface area contributed by atoms with E-state index in [-0.39, 0.29) is 17.5 Å². The number of anilines is 4. The molecular formula is C19H17N5O2. The summed E-state index contributed by atoms with van der Waals surface area (Å²) in [6, 6.07) is 16.4. The Morgan fingerprint density at radius 2 is 1.50 bits per heavy atom. The third kappa shape index (κ3) is 4.64. The number of rotatable bonds is 5. The molecule has 2 amide bonds. The van der Waals surface area contributed by atoms with Crippen molar-refractivity contribution in [2.45, 2.75) is 6.92 Å². The van der Waals surface area contributed by atoms with Crippen molar-refractivity contribution >= 4 is 34.7 Å². The van der Waals surface area contributed by atoms with Gasteiger partial charge in [-0.05, 0) is 30.3 Å². The van der Waals surface area contributed by atoms with Crippen LogP contribution >= 0.6 is 0 Å². The van der Waals surface area contributed by atoms with E-state index >= 15 is 0 Å². The number of nitrogens with zero attached hydrogens (tertiary/aromatic N) is 2. The number of hydrogen-bond donors (Lipinski definition) is 3. The van der Waals surface area contributed by atoms with Gasteiger partial charge in [0.15, 0.2) is 0 Å². The Morgan fingerprint density at radius 3 is 2.15 bits per heavy atom. The Hall–Kier alpha value is -3.74. The highest BCUT2D eigenvalue weighted by molar-refractivity contribution is 6.03. The third-order valence-electron chi connectivity index (χ3n) is 3.37. The van der Waals surface area contributed by atoms with E-state index in [0.717, 1.165) is 5.69 Å². The number of aromatic nitrogens is 2. The van der Waals surface area contributed by atoms with Gasteiger partial charge in [0.2, 0.25) is 5.91 Å². The molecule has 0 aliphatic heterocycles. The molecule has 3 rings (SSSR count). The highest BCUT2D eigenvalue weighted by atomic mass is 16.2. The lowest BCUT2D eigenvalue weighted by atomic mass is 10.2. The molecule has 0 saturated heterocycles. The maximum atomic E-state index is 12.3. The molecule has 0 radical (unpaired) electrons. The minimum atomic E-state index is -0.385. The zero-order valence-corrected chi connectivity index (χ0v) is 14.1. The van der Waals surface area contributed by atoms with Crippen LogP contribution in [0.2, 0.25) is 0 Å². The van der Waals surface area contributed by atoms with Crippen molar-refractivity contribution in [3.8, 4) is 0 Å². The minimum absolute atomic E-state index is 0.180. The Balaban J connectivity index is 1.66. The lowest BCUT2D eigenvalue weighted by Gasteiger charge is -2.08. The minimum Gasteiger partial charge on any atom is -0.339 e. The van der Waals surface area contributed by atoms with Crippen LogP contribution in [0.3, 0.4) is 0 Å². The Morgan fingerprint density at radius 1 is 0.808 bits per heavy atom. The second-order valence-corrected chi connectivity index (χ2v) is 5.49. The largest absolute Gasteiger partial charge is 0.339 e. The standard InChI is InChI=1S/C19H17N5O2/c1-13(25)22-15-8-5-9-16(10-15)24-19(26)17-11-21-18(12-20-17)23-14-6-3-2-4-7-14/h2-12H,1H3,(H,21,23)(H,22,25)(H,24,26). The Labute approximate surface area is 150 Å². The van der Waals surface area contributed by atoms with Crippen molar-refractivity contribution in [3.63, 3.8) is 0 Å². The summed E-state index contributed by atoms with van der Waals surface area (Å²) in [7, 11) is 0. The molecule has 0 atom stereocenters. The normalized spacial score (nSPS) is 10.0. The van der Waals surface area contributed by atoms with Crippen molar-refractivity contribution in [1.82, 2.24) is 9.97 Å². The van der Waals surface area contributed by atoms with Gasteiger partial charge in [-0.3, -0.25) is 9.59 Å². The zero-order chi connectivity index (χ0) is 18.4. The summed E-state index contributed by atoms with van der Waals surface area (Å²) in [6.07, 6.45) is 2.90. The molecule has 0 fully saturated rings. The van der Waals surface area contributed by atoms with Gasteiger partial charge < -0.3 is 16.0 Å². The number of hydrogen-bond acceptors (Lipinski definition) is 5. The van der Waals surface area contributed by atoms with Gasteiger partial charge in [-0.15, -0.1) is 0 Å². The van der Waals surface area contributed by atoms with Crippen molar-refractivity contribution in [2.75, 3.05) is 16.0 Å². The summed E-state index contributed by atoms with van der Waals surface area (Å²) in [6.45, 7) is 1.42. The van der Waals surface area contributed by atoms with Gasteiger partial charge in [0.1, 0.15) is 11.5 Å². The average Bonchev–Trinajstić information content (AvgIpc) is 2.63. The molecule has 3 aromatic rings. The maximum Gasteiger partial charge on any atom is 0.275 e. The highest BCUT2D eigenvalue weighted by Gasteiger charge is 2.09. The lowest BCUT2D eigenvalue weighted by Crippen LogP contribution is -2.14. The van der Waals surface area contributed by atoms with Gasteiger partial charge in [0, 0.05) is 24.0 Å². The van der Waals surface area contributed by atoms with Gasteiger partial charge in [-0.2, -0.15) is 0 Å². The molecule has 26 heavy (non-hydrogen) atoms. The van der Waals surface area contributed by atoms with Gasteiger partial charge in [-0.1, -0.05) is 24.3 Å². The maximum absolute atomic E-state index is 12.3. The van der Waals surface area contributed by atoms with Crippen LogP contribution in [0.5, 0.6) is 0 Å². The highest BCUT2D eigenvalue weighted by Crippen LogP contribution is 2.16. The summed E-state index contributed by atoms with van der Waals surface area (Å²) in [5.41, 5.74) is 2.22. The molecule has 130 valence electrons. The second kappa shape index (κ2) is 7.89. The van der Waals surface area contributed by atoms with Crippen LogP contribution in [0.15, 0.2) is 67.0 Å².